The number of pyridine rings is 1. The number of nitrogens with one attached hydrogen (secondary N) is 1. The summed E-state index contributed by atoms with van der Waals surface area (Å²) >= 11 is 0. The van der Waals surface area contributed by atoms with Crippen LogP contribution in [0, 0.1) is 11.6 Å². The van der Waals surface area contributed by atoms with Crippen molar-refractivity contribution in [2.45, 2.75) is 44.1 Å². The zero-order chi connectivity index (χ0) is 34.7. The average Bonchev–Trinajstić information content (AvgIpc) is 3.51. The number of benzene rings is 2. The number of hydrogen-bond acceptors (Lipinski definition) is 10. The molecule has 1 aliphatic rings. The van der Waals surface area contributed by atoms with Gasteiger partial charge in [-0.05, 0) is 36.1 Å². The van der Waals surface area contributed by atoms with E-state index >= 15 is 4.39 Å². The second kappa shape index (κ2) is 14.0. The van der Waals surface area contributed by atoms with Gasteiger partial charge < -0.3 is 29.8 Å². The Bertz CT molecular complexity index is 1960. The van der Waals surface area contributed by atoms with Crippen LogP contribution in [0.5, 0.6) is 5.75 Å². The number of fused-ring (bicyclic) bond motifs is 1. The topological polar surface area (TPSA) is 154 Å². The number of halogens is 4. The van der Waals surface area contributed by atoms with Gasteiger partial charge in [0.1, 0.15) is 24.9 Å². The number of anilines is 2. The van der Waals surface area contributed by atoms with Crippen LogP contribution in [0.25, 0.3) is 22.4 Å². The van der Waals surface area contributed by atoms with Gasteiger partial charge in [-0.25, -0.2) is 37.3 Å². The molecule has 3 aromatic heterocycles. The maximum absolute atomic E-state index is 15.2. The molecule has 0 unspecified atom stereocenters. The largest absolute Gasteiger partial charge is 0.494 e. The zero-order valence-electron chi connectivity index (χ0n) is 26.2. The molecule has 49 heavy (non-hydrogen) atoms. The maximum Gasteiger partial charge on any atom is 0.413 e. The SMILES string of the molecule is COc1cc(F)c(-c2cc(Cn3cnc4c(NC(=O)OCc5ccccc5)ncnc43)c(N3CCC[C@](N)([C@H](O)C(F)F)C3)cn2)cc1F. The zero-order valence-corrected chi connectivity index (χ0v) is 26.2. The first-order valence-corrected chi connectivity index (χ1v) is 15.2. The van der Waals surface area contributed by atoms with Crippen molar-refractivity contribution in [2.24, 2.45) is 5.73 Å². The van der Waals surface area contributed by atoms with E-state index in [1.54, 1.807) is 15.5 Å². The number of nitrogens with zero attached hydrogens (tertiary/aromatic N) is 6. The molecule has 0 radical (unpaired) electrons. The number of carbonyl (C=O) groups is 1. The molecule has 0 saturated carbocycles. The molecule has 0 aliphatic carbocycles. The summed E-state index contributed by atoms with van der Waals surface area (Å²) in [5.74, 6) is -1.76. The highest BCUT2D eigenvalue weighted by atomic mass is 19.3. The third-order valence-corrected chi connectivity index (χ3v) is 8.38. The summed E-state index contributed by atoms with van der Waals surface area (Å²) in [4.78, 5) is 31.6. The van der Waals surface area contributed by atoms with Gasteiger partial charge in [0, 0.05) is 24.7 Å². The fourth-order valence-corrected chi connectivity index (χ4v) is 5.87. The molecule has 2 atom stereocenters. The van der Waals surface area contributed by atoms with Crippen LogP contribution in [0.1, 0.15) is 24.0 Å². The average molecular weight is 681 g/mol. The van der Waals surface area contributed by atoms with Crippen molar-refractivity contribution in [1.29, 1.82) is 0 Å². The number of nitrogens with two attached hydrogens (primary N) is 1. The van der Waals surface area contributed by atoms with Crippen LogP contribution in [0.3, 0.4) is 0 Å². The van der Waals surface area contributed by atoms with Gasteiger partial charge in [-0.15, -0.1) is 0 Å². The van der Waals surface area contributed by atoms with Crippen LogP contribution < -0.4 is 20.7 Å². The highest BCUT2D eigenvalue weighted by molar-refractivity contribution is 5.93. The first-order valence-electron chi connectivity index (χ1n) is 15.2. The minimum Gasteiger partial charge on any atom is -0.494 e. The van der Waals surface area contributed by atoms with E-state index < -0.39 is 35.8 Å². The maximum atomic E-state index is 15.2. The van der Waals surface area contributed by atoms with E-state index in [9.17, 15) is 23.1 Å². The Hall–Kier alpha value is -5.35. The van der Waals surface area contributed by atoms with Crippen molar-refractivity contribution in [3.63, 3.8) is 0 Å². The summed E-state index contributed by atoms with van der Waals surface area (Å²) in [7, 11) is 1.22. The number of imidazole rings is 1. The van der Waals surface area contributed by atoms with E-state index in [1.165, 1.54) is 26.0 Å². The van der Waals surface area contributed by atoms with Crippen LogP contribution in [0.15, 0.2) is 67.4 Å². The first-order chi connectivity index (χ1) is 23.6. The fourth-order valence-electron chi connectivity index (χ4n) is 5.87. The van der Waals surface area contributed by atoms with Crippen molar-refractivity contribution in [1.82, 2.24) is 24.5 Å². The first kappa shape index (κ1) is 33.5. The molecule has 1 amide bonds. The number of ether oxygens (including phenoxy) is 2. The Labute approximate surface area is 277 Å². The smallest absolute Gasteiger partial charge is 0.413 e. The predicted molar refractivity (Wildman–Crippen MR) is 171 cm³/mol. The molecule has 6 rings (SSSR count). The molecule has 0 bridgehead atoms. The molecule has 4 heterocycles. The third-order valence-electron chi connectivity index (χ3n) is 8.38. The van der Waals surface area contributed by atoms with E-state index in [4.69, 9.17) is 15.2 Å². The lowest BCUT2D eigenvalue weighted by Crippen LogP contribution is -2.63. The Morgan fingerprint density at radius 2 is 1.90 bits per heavy atom. The molecule has 0 spiro atoms. The summed E-state index contributed by atoms with van der Waals surface area (Å²) in [5, 5.41) is 12.9. The highest BCUT2D eigenvalue weighted by Gasteiger charge is 2.43. The van der Waals surface area contributed by atoms with E-state index in [0.717, 1.165) is 17.7 Å². The van der Waals surface area contributed by atoms with Gasteiger partial charge in [-0.3, -0.25) is 10.3 Å². The number of methoxy groups -OCH3 is 1. The molecule has 16 heteroatoms. The molecule has 12 nitrogen and oxygen atoms in total. The van der Waals surface area contributed by atoms with E-state index in [2.05, 4.69) is 25.3 Å². The van der Waals surface area contributed by atoms with Gasteiger partial charge >= 0.3 is 6.09 Å². The van der Waals surface area contributed by atoms with Crippen molar-refractivity contribution < 1.29 is 36.9 Å². The number of rotatable bonds is 10. The molecular weight excluding hydrogens is 648 g/mol. The molecule has 1 fully saturated rings. The molecule has 4 N–H and O–H groups in total. The summed E-state index contributed by atoms with van der Waals surface area (Å²) in [5.41, 5.74) is 6.99. The Morgan fingerprint density at radius 1 is 1.10 bits per heavy atom. The van der Waals surface area contributed by atoms with Gasteiger partial charge in [-0.2, -0.15) is 0 Å². The van der Waals surface area contributed by atoms with Gasteiger partial charge in [-0.1, -0.05) is 30.3 Å². The van der Waals surface area contributed by atoms with Crippen molar-refractivity contribution in [3.05, 3.63) is 90.1 Å². The quantitative estimate of drug-likeness (QED) is 0.174. The fraction of sp³-hybridized carbons (Fsp3) is 0.303. The summed E-state index contributed by atoms with van der Waals surface area (Å²) < 4.78 is 68.8. The van der Waals surface area contributed by atoms with Crippen molar-refractivity contribution >= 4 is 28.8 Å². The van der Waals surface area contributed by atoms with Crippen LogP contribution in [-0.2, 0) is 17.9 Å². The molecular formula is C33H32F4N8O4. The van der Waals surface area contributed by atoms with Crippen LogP contribution in [-0.4, -0.2) is 74.0 Å². The van der Waals surface area contributed by atoms with Gasteiger partial charge in [0.15, 0.2) is 28.5 Å². The second-order valence-electron chi connectivity index (χ2n) is 11.7. The van der Waals surface area contributed by atoms with Gasteiger partial charge in [0.25, 0.3) is 6.43 Å². The number of carbonyl (C=O) groups excluding carboxylic acids is 1. The highest BCUT2D eigenvalue weighted by Crippen LogP contribution is 2.35. The molecule has 1 aliphatic heterocycles. The number of aliphatic hydroxyl groups excluding tert-OH is 1. The number of amides is 1. The number of aliphatic hydroxyl groups is 1. The Balaban J connectivity index is 1.34. The lowest BCUT2D eigenvalue weighted by Gasteiger charge is -2.44. The predicted octanol–water partition coefficient (Wildman–Crippen LogP) is 4.90. The Morgan fingerprint density at radius 3 is 2.65 bits per heavy atom. The Kier molecular flexibility index (Phi) is 9.60. The van der Waals surface area contributed by atoms with E-state index in [1.807, 2.05) is 30.3 Å². The number of alkyl halides is 2. The van der Waals surface area contributed by atoms with Crippen molar-refractivity contribution in [2.75, 3.05) is 30.4 Å². The van der Waals surface area contributed by atoms with Crippen LogP contribution >= 0.6 is 0 Å². The van der Waals surface area contributed by atoms with Gasteiger partial charge in [0.2, 0.25) is 0 Å². The minimum atomic E-state index is -3.05. The van der Waals surface area contributed by atoms with E-state index in [-0.39, 0.29) is 54.5 Å². The van der Waals surface area contributed by atoms with Crippen molar-refractivity contribution in [3.8, 4) is 17.0 Å². The standard InChI is InChI=1S/C33H32F4N8O4/c1-48-26-12-22(34)21(11-23(26)35)24-10-20(25(13-39-24)44-9-5-8-33(38,16-44)28(46)29(36)37)14-45-18-42-27-30(40-17-41-31(27)45)43-32(47)49-15-19-6-3-2-4-7-19/h2-4,6-7,10-13,17-18,28-29,46H,5,8-9,14-16,38H2,1H3,(H,40,41,43,47)/t28-,33-/m1/s1. The normalized spacial score (nSPS) is 16.9. The van der Waals surface area contributed by atoms with Gasteiger partial charge in [0.05, 0.1) is 43.1 Å². The third kappa shape index (κ3) is 7.10. The monoisotopic (exact) mass is 680 g/mol. The molecule has 2 aromatic carbocycles. The molecule has 256 valence electrons. The van der Waals surface area contributed by atoms with Crippen LogP contribution in [0.4, 0.5) is 33.9 Å². The lowest BCUT2D eigenvalue weighted by atomic mass is 9.84. The van der Waals surface area contributed by atoms with E-state index in [0.29, 0.717) is 29.9 Å². The molecule has 5 aromatic rings. The summed E-state index contributed by atoms with van der Waals surface area (Å²) in [6, 6.07) is 12.6. The summed E-state index contributed by atoms with van der Waals surface area (Å²) in [6.07, 6.45) is -1.18. The molecule has 1 saturated heterocycles. The summed E-state index contributed by atoms with van der Waals surface area (Å²) in [6.45, 7) is 0.364. The number of hydrogen-bond donors (Lipinski definition) is 3. The lowest BCUT2D eigenvalue weighted by molar-refractivity contribution is -0.0529. The van der Waals surface area contributed by atoms with Crippen LogP contribution in [0.2, 0.25) is 0 Å². The number of aromatic nitrogens is 5. The second-order valence-corrected chi connectivity index (χ2v) is 11.7. The number of piperidine rings is 1. The minimum absolute atomic E-state index is 0.0378.